The number of fused-ring (bicyclic) bond motifs is 2. The van der Waals surface area contributed by atoms with Crippen LogP contribution in [-0.4, -0.2) is 148 Å². The molecule has 2 aliphatic heterocycles. The summed E-state index contributed by atoms with van der Waals surface area (Å²) in [7, 11) is -3.41. The molecule has 4 atom stereocenters. The number of hydrogen-bond acceptors (Lipinski definition) is 10. The standard InChI is InChI=1S/C50H66Cl4N8O10S2/c1-61-31-43(41-27-37(51)29-47(53)45(41)33-61)35-7-5-9-39(25-35)73(65,66)59-15-19-71-23-21-69-17-13-57-49(63)55-11-3-4-12-56-50(64)58-14-18-70-22-24-72-20-16-60-74(67,68)40-10-6-8-36(26-40)44-32-62(2)34-46-42(44)28-38(52)30-48(46)54/h5-10,25-30,43-44,59-60H,3-4,11-24,31-34H2,1-2H3,(H2,55,57,63)(H2,56,58,64)/p+2. The van der Waals surface area contributed by atoms with E-state index in [1.807, 2.05) is 24.3 Å². The van der Waals surface area contributed by atoms with E-state index in [2.05, 4.69) is 44.8 Å². The van der Waals surface area contributed by atoms with Crippen molar-refractivity contribution in [2.75, 3.05) is 119 Å². The number of amides is 4. The average molecular weight is 1150 g/mol. The Balaban J connectivity index is 0.707. The lowest BCUT2D eigenvalue weighted by Crippen LogP contribution is -3.09. The van der Waals surface area contributed by atoms with Crippen molar-refractivity contribution in [1.82, 2.24) is 30.7 Å². The number of hydrogen-bond donors (Lipinski definition) is 8. The number of ether oxygens (including phenoxy) is 4. The van der Waals surface area contributed by atoms with Gasteiger partial charge in [-0.15, -0.1) is 0 Å². The van der Waals surface area contributed by atoms with Crippen LogP contribution in [0.4, 0.5) is 9.59 Å². The van der Waals surface area contributed by atoms with E-state index in [0.717, 1.165) is 59.6 Å². The molecule has 4 aromatic carbocycles. The van der Waals surface area contributed by atoms with E-state index in [4.69, 9.17) is 65.4 Å². The molecule has 406 valence electrons. The first kappa shape index (κ1) is 59.4. The van der Waals surface area contributed by atoms with Gasteiger partial charge in [0, 0.05) is 60.4 Å². The second-order valence-electron chi connectivity index (χ2n) is 18.2. The van der Waals surface area contributed by atoms with E-state index in [0.29, 0.717) is 46.0 Å². The van der Waals surface area contributed by atoms with Gasteiger partial charge in [-0.25, -0.2) is 35.9 Å². The lowest BCUT2D eigenvalue weighted by atomic mass is 9.85. The minimum atomic E-state index is -3.79. The van der Waals surface area contributed by atoms with Crippen molar-refractivity contribution in [3.8, 4) is 0 Å². The fourth-order valence-corrected chi connectivity index (χ4v) is 12.1. The topological polar surface area (TPSA) is 220 Å². The Labute approximate surface area is 454 Å². The van der Waals surface area contributed by atoms with Crippen molar-refractivity contribution < 1.29 is 55.2 Å². The van der Waals surface area contributed by atoms with Crippen LogP contribution in [0.3, 0.4) is 0 Å². The second-order valence-corrected chi connectivity index (χ2v) is 23.4. The number of nitrogens with one attached hydrogen (secondary N) is 8. The van der Waals surface area contributed by atoms with E-state index in [1.165, 1.54) is 9.80 Å². The Morgan fingerprint density at radius 1 is 0.514 bits per heavy atom. The lowest BCUT2D eigenvalue weighted by Gasteiger charge is -2.31. The van der Waals surface area contributed by atoms with Gasteiger partial charge in [0.15, 0.2) is 0 Å². The Kier molecular flexibility index (Phi) is 23.8. The fraction of sp³-hybridized carbons (Fsp3) is 0.480. The Hall–Kier alpha value is -3.84. The van der Waals surface area contributed by atoms with Gasteiger partial charge in [0.2, 0.25) is 20.0 Å². The molecule has 0 aromatic heterocycles. The van der Waals surface area contributed by atoms with Crippen molar-refractivity contribution in [2.24, 2.45) is 0 Å². The number of rotatable bonds is 29. The molecule has 24 heteroatoms. The largest absolute Gasteiger partial charge is 0.378 e. The predicted octanol–water partition coefficient (Wildman–Crippen LogP) is 3.32. The van der Waals surface area contributed by atoms with Crippen molar-refractivity contribution in [2.45, 2.75) is 47.6 Å². The highest BCUT2D eigenvalue weighted by molar-refractivity contribution is 7.89. The van der Waals surface area contributed by atoms with E-state index in [1.54, 1.807) is 48.5 Å². The maximum absolute atomic E-state index is 13.1. The molecular weight excluding hydrogens is 1080 g/mol. The van der Waals surface area contributed by atoms with Crippen LogP contribution in [0.2, 0.25) is 20.1 Å². The number of unbranched alkanes of at least 4 members (excludes halogenated alkanes) is 1. The quantitative estimate of drug-likeness (QED) is 0.0371. The Morgan fingerprint density at radius 3 is 1.27 bits per heavy atom. The summed E-state index contributed by atoms with van der Waals surface area (Å²) in [6, 6.07) is 20.5. The molecule has 0 fully saturated rings. The van der Waals surface area contributed by atoms with Crippen LogP contribution in [-0.2, 0) is 52.1 Å². The number of quaternary nitrogens is 2. The minimum Gasteiger partial charge on any atom is -0.378 e. The number of carbonyl (C=O) groups excluding carboxylic acids is 2. The molecule has 0 radical (unpaired) electrons. The summed E-state index contributed by atoms with van der Waals surface area (Å²) in [6.45, 7) is 6.56. The molecule has 0 saturated carbocycles. The van der Waals surface area contributed by atoms with Crippen LogP contribution in [0.15, 0.2) is 82.6 Å². The van der Waals surface area contributed by atoms with Crippen LogP contribution in [0.25, 0.3) is 0 Å². The molecule has 74 heavy (non-hydrogen) atoms. The van der Waals surface area contributed by atoms with Gasteiger partial charge in [0.05, 0.1) is 112 Å². The zero-order valence-corrected chi connectivity index (χ0v) is 46.3. The first-order chi connectivity index (χ1) is 35.5. The normalized spacial score (nSPS) is 17.5. The first-order valence-electron chi connectivity index (χ1n) is 24.6. The first-order valence-corrected chi connectivity index (χ1v) is 29.1. The van der Waals surface area contributed by atoms with Gasteiger partial charge in [-0.1, -0.05) is 70.7 Å². The van der Waals surface area contributed by atoms with Crippen LogP contribution < -0.4 is 40.5 Å². The molecule has 18 nitrogen and oxygen atoms in total. The summed E-state index contributed by atoms with van der Waals surface area (Å²) in [4.78, 5) is 27.1. The molecule has 2 aliphatic rings. The van der Waals surface area contributed by atoms with Gasteiger partial charge in [0.25, 0.3) is 0 Å². The van der Waals surface area contributed by atoms with E-state index in [-0.39, 0.29) is 113 Å². The monoisotopic (exact) mass is 1140 g/mol. The summed E-state index contributed by atoms with van der Waals surface area (Å²) in [5, 5.41) is 13.3. The molecule has 0 aliphatic carbocycles. The highest BCUT2D eigenvalue weighted by atomic mass is 35.5. The van der Waals surface area contributed by atoms with Crippen molar-refractivity contribution in [3.63, 3.8) is 0 Å². The highest BCUT2D eigenvalue weighted by Gasteiger charge is 2.32. The second kappa shape index (κ2) is 29.6. The minimum absolute atomic E-state index is 0.0578. The predicted molar refractivity (Wildman–Crippen MR) is 286 cm³/mol. The summed E-state index contributed by atoms with van der Waals surface area (Å²) in [5.41, 5.74) is 5.83. The van der Waals surface area contributed by atoms with Gasteiger partial charge in [-0.05, 0) is 83.6 Å². The number of carbonyl (C=O) groups is 2. The highest BCUT2D eigenvalue weighted by Crippen LogP contribution is 2.37. The van der Waals surface area contributed by atoms with Gasteiger partial charge in [-0.2, -0.15) is 0 Å². The van der Waals surface area contributed by atoms with Gasteiger partial charge >= 0.3 is 12.1 Å². The van der Waals surface area contributed by atoms with Crippen molar-refractivity contribution in [3.05, 3.63) is 126 Å². The average Bonchev–Trinajstić information content (AvgIpc) is 3.36. The number of sulfonamides is 2. The number of urea groups is 2. The van der Waals surface area contributed by atoms with Crippen LogP contribution in [0, 0.1) is 0 Å². The number of halogens is 4. The summed E-state index contributed by atoms with van der Waals surface area (Å²) in [5.74, 6) is -0.116. The maximum atomic E-state index is 13.1. The van der Waals surface area contributed by atoms with Crippen LogP contribution in [0.5, 0.6) is 0 Å². The molecule has 2 heterocycles. The van der Waals surface area contributed by atoms with Gasteiger partial charge < -0.3 is 50.0 Å². The van der Waals surface area contributed by atoms with Crippen LogP contribution in [0.1, 0.15) is 58.1 Å². The molecule has 0 saturated heterocycles. The van der Waals surface area contributed by atoms with Crippen LogP contribution >= 0.6 is 46.4 Å². The Morgan fingerprint density at radius 2 is 0.878 bits per heavy atom. The Bertz CT molecular complexity index is 2550. The zero-order chi connectivity index (χ0) is 53.1. The molecule has 4 unspecified atom stereocenters. The number of benzene rings is 4. The third-order valence-electron chi connectivity index (χ3n) is 12.4. The molecule has 4 amide bonds. The third-order valence-corrected chi connectivity index (χ3v) is 16.4. The molecular formula is C50H68Cl4N8O10S2+2. The molecule has 4 aromatic rings. The molecule has 8 N–H and O–H groups in total. The van der Waals surface area contributed by atoms with E-state index < -0.39 is 20.0 Å². The SMILES string of the molecule is C[NH+]1Cc2c(Cl)cc(Cl)cc2C(c2cccc(S(=O)(=O)NCCOCCOCCNC(=O)NCCCCNC(=O)NCCOCCOCCNS(=O)(=O)c3cccc(C4C[NH+](C)Cc5c(Cl)cc(Cl)cc54)c3)c2)C1. The maximum Gasteiger partial charge on any atom is 0.314 e. The van der Waals surface area contributed by atoms with E-state index in [9.17, 15) is 26.4 Å². The fourth-order valence-electron chi connectivity index (χ4n) is 8.86. The third kappa shape index (κ3) is 18.4. The summed E-state index contributed by atoms with van der Waals surface area (Å²) in [6.07, 6.45) is 1.31. The lowest BCUT2D eigenvalue weighted by molar-refractivity contribution is -0.897. The van der Waals surface area contributed by atoms with E-state index >= 15 is 0 Å². The van der Waals surface area contributed by atoms with Crippen molar-refractivity contribution in [1.29, 1.82) is 0 Å². The summed E-state index contributed by atoms with van der Waals surface area (Å²) < 4.78 is 79.8. The smallest absolute Gasteiger partial charge is 0.314 e. The molecule has 0 spiro atoms. The number of likely N-dealkylation sites (N-methyl/N-ethyl adjacent to an activating group) is 2. The van der Waals surface area contributed by atoms with Gasteiger partial charge in [0.1, 0.15) is 13.1 Å². The van der Waals surface area contributed by atoms with Crippen molar-refractivity contribution >= 4 is 78.5 Å². The summed E-state index contributed by atoms with van der Waals surface area (Å²) >= 11 is 25.7. The zero-order valence-electron chi connectivity index (χ0n) is 41.6. The molecule has 0 bridgehead atoms. The van der Waals surface area contributed by atoms with Gasteiger partial charge in [-0.3, -0.25) is 0 Å². The molecule has 6 rings (SSSR count).